The number of nitro benzene ring substituents is 1. The van der Waals surface area contributed by atoms with Crippen LogP contribution < -0.4 is 15.4 Å². The predicted molar refractivity (Wildman–Crippen MR) is 97.8 cm³/mol. The molecule has 0 aliphatic heterocycles. The first-order chi connectivity index (χ1) is 13.2. The molecule has 150 valence electrons. The Morgan fingerprint density at radius 2 is 1.89 bits per heavy atom. The number of anilines is 2. The third-order valence-corrected chi connectivity index (χ3v) is 3.74. The van der Waals surface area contributed by atoms with E-state index in [2.05, 4.69) is 10.6 Å². The monoisotopic (exact) mass is 397 g/mol. The molecular weight excluding hydrogens is 379 g/mol. The number of carbonyl (C=O) groups excluding carboxylic acids is 1. The van der Waals surface area contributed by atoms with Crippen LogP contribution in [0.1, 0.15) is 29.3 Å². The molecule has 0 atom stereocenters. The summed E-state index contributed by atoms with van der Waals surface area (Å²) in [5.41, 5.74) is -1.27. The zero-order chi connectivity index (χ0) is 20.9. The van der Waals surface area contributed by atoms with Crippen LogP contribution in [0.2, 0.25) is 0 Å². The van der Waals surface area contributed by atoms with E-state index in [9.17, 15) is 28.1 Å². The summed E-state index contributed by atoms with van der Waals surface area (Å²) in [6.45, 7) is 2.07. The fourth-order valence-corrected chi connectivity index (χ4v) is 2.38. The molecule has 0 saturated carbocycles. The summed E-state index contributed by atoms with van der Waals surface area (Å²) in [4.78, 5) is 22.9. The van der Waals surface area contributed by atoms with E-state index in [0.29, 0.717) is 6.42 Å². The Labute approximate surface area is 158 Å². The normalized spacial score (nSPS) is 11.0. The van der Waals surface area contributed by atoms with Crippen LogP contribution in [-0.2, 0) is 6.18 Å². The van der Waals surface area contributed by atoms with Gasteiger partial charge in [-0.15, -0.1) is 0 Å². The number of amides is 1. The number of hydrogen-bond acceptors (Lipinski definition) is 5. The number of alkyl halides is 3. The molecule has 0 heterocycles. The van der Waals surface area contributed by atoms with E-state index in [4.69, 9.17) is 4.74 Å². The van der Waals surface area contributed by atoms with E-state index >= 15 is 0 Å². The lowest BCUT2D eigenvalue weighted by Gasteiger charge is -2.16. The van der Waals surface area contributed by atoms with Crippen LogP contribution in [-0.4, -0.2) is 24.5 Å². The molecule has 7 nitrogen and oxygen atoms in total. The summed E-state index contributed by atoms with van der Waals surface area (Å²) in [6.07, 6.45) is -3.99. The number of benzene rings is 2. The van der Waals surface area contributed by atoms with Gasteiger partial charge in [0.25, 0.3) is 11.6 Å². The predicted octanol–water partition coefficient (Wildman–Crippen LogP) is 4.70. The Kier molecular flexibility index (Phi) is 6.45. The SMILES string of the molecule is CCCOc1ccc(C(F)(F)F)cc1NC(=O)c1cc([N+](=O)[O-])ccc1NC. The van der Waals surface area contributed by atoms with Crippen LogP contribution in [0, 0.1) is 10.1 Å². The molecule has 0 radical (unpaired) electrons. The van der Waals surface area contributed by atoms with Gasteiger partial charge >= 0.3 is 6.18 Å². The fourth-order valence-electron chi connectivity index (χ4n) is 2.38. The highest BCUT2D eigenvalue weighted by Crippen LogP contribution is 2.35. The fraction of sp³-hybridized carbons (Fsp3) is 0.278. The average Bonchev–Trinajstić information content (AvgIpc) is 2.65. The van der Waals surface area contributed by atoms with E-state index in [1.165, 1.54) is 19.2 Å². The molecule has 0 spiro atoms. The van der Waals surface area contributed by atoms with Crippen molar-refractivity contribution in [3.05, 3.63) is 57.6 Å². The van der Waals surface area contributed by atoms with Crippen LogP contribution in [0.25, 0.3) is 0 Å². The van der Waals surface area contributed by atoms with Crippen molar-refractivity contribution in [3.63, 3.8) is 0 Å². The lowest BCUT2D eigenvalue weighted by atomic mass is 10.1. The molecule has 10 heteroatoms. The zero-order valence-electron chi connectivity index (χ0n) is 15.1. The Bertz CT molecular complexity index is 885. The first-order valence-corrected chi connectivity index (χ1v) is 8.29. The van der Waals surface area contributed by atoms with Gasteiger partial charge in [-0.25, -0.2) is 0 Å². The van der Waals surface area contributed by atoms with Gasteiger partial charge in [-0.3, -0.25) is 14.9 Å². The van der Waals surface area contributed by atoms with Crippen molar-refractivity contribution < 1.29 is 27.6 Å². The van der Waals surface area contributed by atoms with Crippen molar-refractivity contribution in [1.29, 1.82) is 0 Å². The molecule has 0 aliphatic rings. The molecule has 2 aromatic rings. The summed E-state index contributed by atoms with van der Waals surface area (Å²) in [7, 11) is 1.51. The minimum Gasteiger partial charge on any atom is -0.491 e. The average molecular weight is 397 g/mol. The first kappa shape index (κ1) is 21.0. The Morgan fingerprint density at radius 1 is 1.18 bits per heavy atom. The Balaban J connectivity index is 2.44. The number of nitrogens with zero attached hydrogens (tertiary/aromatic N) is 1. The van der Waals surface area contributed by atoms with Gasteiger partial charge in [-0.2, -0.15) is 13.2 Å². The number of rotatable bonds is 7. The minimum absolute atomic E-state index is 0.0691. The van der Waals surface area contributed by atoms with Crippen molar-refractivity contribution >= 4 is 23.0 Å². The van der Waals surface area contributed by atoms with Gasteiger partial charge in [0.05, 0.1) is 28.3 Å². The molecule has 2 N–H and O–H groups in total. The van der Waals surface area contributed by atoms with Crippen molar-refractivity contribution in [2.45, 2.75) is 19.5 Å². The third kappa shape index (κ3) is 4.90. The van der Waals surface area contributed by atoms with Gasteiger partial charge in [0.1, 0.15) is 5.75 Å². The second-order valence-corrected chi connectivity index (χ2v) is 5.75. The van der Waals surface area contributed by atoms with Crippen LogP contribution in [0.15, 0.2) is 36.4 Å². The molecule has 0 bridgehead atoms. The van der Waals surface area contributed by atoms with Gasteiger partial charge < -0.3 is 15.4 Å². The van der Waals surface area contributed by atoms with Crippen LogP contribution >= 0.6 is 0 Å². The highest BCUT2D eigenvalue weighted by molar-refractivity contribution is 6.09. The van der Waals surface area contributed by atoms with Crippen molar-refractivity contribution in [2.75, 3.05) is 24.3 Å². The molecule has 2 aromatic carbocycles. The molecule has 0 aromatic heterocycles. The molecule has 2 rings (SSSR count). The van der Waals surface area contributed by atoms with Crippen molar-refractivity contribution in [3.8, 4) is 5.75 Å². The summed E-state index contributed by atoms with van der Waals surface area (Å²) >= 11 is 0. The highest BCUT2D eigenvalue weighted by atomic mass is 19.4. The maximum atomic E-state index is 13.0. The number of halogens is 3. The van der Waals surface area contributed by atoms with Gasteiger partial charge in [0, 0.05) is 24.9 Å². The molecule has 0 aliphatic carbocycles. The van der Waals surface area contributed by atoms with E-state index in [-0.39, 0.29) is 35.0 Å². The number of nitro groups is 1. The Morgan fingerprint density at radius 3 is 2.46 bits per heavy atom. The van der Waals surface area contributed by atoms with Crippen LogP contribution in [0.3, 0.4) is 0 Å². The zero-order valence-corrected chi connectivity index (χ0v) is 15.1. The maximum Gasteiger partial charge on any atom is 0.416 e. The summed E-state index contributed by atoms with van der Waals surface area (Å²) < 4.78 is 44.5. The molecule has 1 amide bonds. The molecule has 0 fully saturated rings. The lowest BCUT2D eigenvalue weighted by molar-refractivity contribution is -0.384. The van der Waals surface area contributed by atoms with E-state index in [1.54, 1.807) is 0 Å². The smallest absolute Gasteiger partial charge is 0.416 e. The number of hydrogen-bond donors (Lipinski definition) is 2. The van der Waals surface area contributed by atoms with Gasteiger partial charge in [-0.1, -0.05) is 6.92 Å². The Hall–Kier alpha value is -3.30. The lowest BCUT2D eigenvalue weighted by Crippen LogP contribution is -2.16. The number of nitrogens with one attached hydrogen (secondary N) is 2. The van der Waals surface area contributed by atoms with Crippen molar-refractivity contribution in [2.24, 2.45) is 0 Å². The van der Waals surface area contributed by atoms with Gasteiger partial charge in [0.2, 0.25) is 0 Å². The van der Waals surface area contributed by atoms with E-state index in [1.807, 2.05) is 6.92 Å². The topological polar surface area (TPSA) is 93.5 Å². The minimum atomic E-state index is -4.61. The standard InChI is InChI=1S/C18H18F3N3O4/c1-3-8-28-16-7-4-11(18(19,20)21)9-15(16)23-17(25)13-10-12(24(26)27)5-6-14(13)22-2/h4-7,9-10,22H,3,8H2,1-2H3,(H,23,25). The summed E-state index contributed by atoms with van der Waals surface area (Å²) in [5.74, 6) is -0.742. The van der Waals surface area contributed by atoms with E-state index < -0.39 is 22.6 Å². The summed E-state index contributed by atoms with van der Waals surface area (Å²) in [5, 5.41) is 16.1. The number of ether oxygens (including phenoxy) is 1. The maximum absolute atomic E-state index is 13.0. The van der Waals surface area contributed by atoms with Gasteiger partial charge in [0.15, 0.2) is 0 Å². The summed E-state index contributed by atoms with van der Waals surface area (Å²) in [6, 6.07) is 6.34. The molecule has 0 saturated heterocycles. The third-order valence-electron chi connectivity index (χ3n) is 3.74. The highest BCUT2D eigenvalue weighted by Gasteiger charge is 2.31. The largest absolute Gasteiger partial charge is 0.491 e. The van der Waals surface area contributed by atoms with Gasteiger partial charge in [-0.05, 0) is 30.7 Å². The quantitative estimate of drug-likeness (QED) is 0.522. The number of carbonyl (C=O) groups is 1. The molecule has 0 unspecified atom stereocenters. The van der Waals surface area contributed by atoms with Crippen LogP contribution in [0.4, 0.5) is 30.2 Å². The van der Waals surface area contributed by atoms with E-state index in [0.717, 1.165) is 24.3 Å². The second kappa shape index (κ2) is 8.59. The molecule has 28 heavy (non-hydrogen) atoms. The van der Waals surface area contributed by atoms with Crippen molar-refractivity contribution in [1.82, 2.24) is 0 Å². The molecular formula is C18H18F3N3O4. The van der Waals surface area contributed by atoms with Crippen LogP contribution in [0.5, 0.6) is 5.75 Å². The number of non-ortho nitro benzene ring substituents is 1. The first-order valence-electron chi connectivity index (χ1n) is 8.29. The second-order valence-electron chi connectivity index (χ2n) is 5.75.